The average Bonchev–Trinajstić information content (AvgIpc) is 2.99. The van der Waals surface area contributed by atoms with E-state index >= 15 is 0 Å². The molecule has 2 N–H and O–H groups in total. The fraction of sp³-hybridized carbons (Fsp3) is 0.474. The number of aromatic nitrogens is 1. The van der Waals surface area contributed by atoms with Crippen LogP contribution in [0.25, 0.3) is 0 Å². The van der Waals surface area contributed by atoms with Crippen LogP contribution < -0.4 is 5.32 Å². The van der Waals surface area contributed by atoms with E-state index in [9.17, 15) is 9.90 Å². The smallest absolute Gasteiger partial charge is 0.305 e. The standard InChI is InChI=1S/C19H26N2O3S/c1-5-19(6-2,12-11-16(23)24-4)17-13(3)25-18(21-17)20-14-9-7-8-10-15(14)22/h7-10,22H,5-6,11-12H2,1-4H3,(H,20,21). The SMILES string of the molecule is CCC(CC)(CCC(=O)OC)c1nc(Nc2ccccc2O)sc1C. The van der Waals surface area contributed by atoms with Gasteiger partial charge < -0.3 is 15.2 Å². The normalized spacial score (nSPS) is 11.4. The van der Waals surface area contributed by atoms with Crippen LogP contribution in [0.1, 0.15) is 50.1 Å². The Morgan fingerprint density at radius 1 is 1.32 bits per heavy atom. The van der Waals surface area contributed by atoms with E-state index in [1.54, 1.807) is 23.5 Å². The van der Waals surface area contributed by atoms with Crippen LogP contribution in [0.15, 0.2) is 24.3 Å². The fourth-order valence-corrected chi connectivity index (χ4v) is 4.08. The largest absolute Gasteiger partial charge is 0.506 e. The number of ether oxygens (including phenoxy) is 1. The van der Waals surface area contributed by atoms with Crippen molar-refractivity contribution in [2.45, 2.75) is 51.9 Å². The number of aromatic hydroxyl groups is 1. The average molecular weight is 362 g/mol. The van der Waals surface area contributed by atoms with Gasteiger partial charge in [-0.15, -0.1) is 11.3 Å². The summed E-state index contributed by atoms with van der Waals surface area (Å²) in [6.45, 7) is 6.33. The number of para-hydroxylation sites is 2. The Balaban J connectivity index is 2.28. The first-order valence-corrected chi connectivity index (χ1v) is 9.37. The lowest BCUT2D eigenvalue weighted by molar-refractivity contribution is -0.141. The minimum absolute atomic E-state index is 0.145. The van der Waals surface area contributed by atoms with Crippen molar-refractivity contribution in [3.63, 3.8) is 0 Å². The zero-order valence-electron chi connectivity index (χ0n) is 15.3. The number of thiazole rings is 1. The van der Waals surface area contributed by atoms with E-state index in [2.05, 4.69) is 26.1 Å². The summed E-state index contributed by atoms with van der Waals surface area (Å²) in [5.41, 5.74) is 1.52. The quantitative estimate of drug-likeness (QED) is 0.515. The van der Waals surface area contributed by atoms with Gasteiger partial charge in [-0.3, -0.25) is 4.79 Å². The molecule has 2 rings (SSSR count). The first-order valence-electron chi connectivity index (χ1n) is 8.55. The van der Waals surface area contributed by atoms with Crippen LogP contribution in [0, 0.1) is 6.92 Å². The second-order valence-electron chi connectivity index (χ2n) is 6.13. The topological polar surface area (TPSA) is 71.5 Å². The number of hydrogen-bond acceptors (Lipinski definition) is 6. The number of nitrogens with zero attached hydrogens (tertiary/aromatic N) is 1. The summed E-state index contributed by atoms with van der Waals surface area (Å²) in [4.78, 5) is 17.5. The van der Waals surface area contributed by atoms with Crippen LogP contribution >= 0.6 is 11.3 Å². The van der Waals surface area contributed by atoms with Crippen molar-refractivity contribution in [1.82, 2.24) is 4.98 Å². The van der Waals surface area contributed by atoms with Crippen LogP contribution in [-0.4, -0.2) is 23.2 Å². The molecule has 0 bridgehead atoms. The van der Waals surface area contributed by atoms with Gasteiger partial charge in [0, 0.05) is 16.7 Å². The zero-order valence-corrected chi connectivity index (χ0v) is 16.1. The molecule has 0 radical (unpaired) electrons. The number of phenols is 1. The lowest BCUT2D eigenvalue weighted by Gasteiger charge is -2.30. The first kappa shape index (κ1) is 19.2. The molecule has 1 heterocycles. The highest BCUT2D eigenvalue weighted by atomic mass is 32.1. The molecule has 6 heteroatoms. The number of carbonyl (C=O) groups is 1. The van der Waals surface area contributed by atoms with Gasteiger partial charge in [-0.1, -0.05) is 26.0 Å². The Kier molecular flexibility index (Phi) is 6.42. The molecule has 0 saturated heterocycles. The first-order chi connectivity index (χ1) is 12.0. The van der Waals surface area contributed by atoms with Gasteiger partial charge >= 0.3 is 5.97 Å². The number of esters is 1. The molecule has 136 valence electrons. The second-order valence-corrected chi connectivity index (χ2v) is 7.33. The highest BCUT2D eigenvalue weighted by Crippen LogP contribution is 2.41. The molecule has 25 heavy (non-hydrogen) atoms. The third-order valence-corrected chi connectivity index (χ3v) is 5.72. The molecule has 0 fully saturated rings. The maximum Gasteiger partial charge on any atom is 0.305 e. The maximum atomic E-state index is 11.6. The molecule has 0 aliphatic rings. The van der Waals surface area contributed by atoms with Gasteiger partial charge in [0.25, 0.3) is 0 Å². The molecule has 0 saturated carbocycles. The molecule has 5 nitrogen and oxygen atoms in total. The van der Waals surface area contributed by atoms with Gasteiger partial charge in [-0.2, -0.15) is 0 Å². The zero-order chi connectivity index (χ0) is 18.4. The minimum Gasteiger partial charge on any atom is -0.506 e. The summed E-state index contributed by atoms with van der Waals surface area (Å²) in [6, 6.07) is 7.10. The fourth-order valence-electron chi connectivity index (χ4n) is 3.14. The van der Waals surface area contributed by atoms with E-state index in [4.69, 9.17) is 9.72 Å². The highest BCUT2D eigenvalue weighted by Gasteiger charge is 2.33. The van der Waals surface area contributed by atoms with Gasteiger partial charge in [-0.25, -0.2) is 4.98 Å². The van der Waals surface area contributed by atoms with Crippen LogP contribution in [0.5, 0.6) is 5.75 Å². The monoisotopic (exact) mass is 362 g/mol. The van der Waals surface area contributed by atoms with Gasteiger partial charge in [0.2, 0.25) is 0 Å². The summed E-state index contributed by atoms with van der Waals surface area (Å²) in [7, 11) is 1.42. The number of hydrogen-bond donors (Lipinski definition) is 2. The van der Waals surface area contributed by atoms with Crippen molar-refractivity contribution in [2.24, 2.45) is 0 Å². The van der Waals surface area contributed by atoms with Crippen molar-refractivity contribution in [1.29, 1.82) is 0 Å². The number of aryl methyl sites for hydroxylation is 1. The third-order valence-electron chi connectivity index (χ3n) is 4.83. The Hall–Kier alpha value is -2.08. The third kappa shape index (κ3) is 4.31. The number of anilines is 2. The van der Waals surface area contributed by atoms with E-state index in [-0.39, 0.29) is 17.1 Å². The molecule has 0 aliphatic heterocycles. The van der Waals surface area contributed by atoms with Crippen LogP contribution in [0.2, 0.25) is 0 Å². The van der Waals surface area contributed by atoms with Crippen LogP contribution in [0.4, 0.5) is 10.8 Å². The van der Waals surface area contributed by atoms with E-state index < -0.39 is 0 Å². The Morgan fingerprint density at radius 3 is 2.60 bits per heavy atom. The molecule has 0 amide bonds. The summed E-state index contributed by atoms with van der Waals surface area (Å²) >= 11 is 1.57. The molecule has 2 aromatic rings. The van der Waals surface area contributed by atoms with Gasteiger partial charge in [-0.05, 0) is 38.3 Å². The molecule has 0 atom stereocenters. The number of benzene rings is 1. The summed E-state index contributed by atoms with van der Waals surface area (Å²) in [5.74, 6) is 0.00607. The number of carbonyl (C=O) groups excluding carboxylic acids is 1. The predicted octanol–water partition coefficient (Wildman–Crippen LogP) is 4.91. The Bertz CT molecular complexity index is 723. The molecule has 1 aromatic heterocycles. The molecule has 0 unspecified atom stereocenters. The van der Waals surface area contributed by atoms with E-state index in [0.717, 1.165) is 28.5 Å². The maximum absolute atomic E-state index is 11.6. The Labute approximate surface area is 153 Å². The highest BCUT2D eigenvalue weighted by molar-refractivity contribution is 7.15. The van der Waals surface area contributed by atoms with Crippen molar-refractivity contribution < 1.29 is 14.6 Å². The molecular formula is C19H26N2O3S. The predicted molar refractivity (Wildman–Crippen MR) is 102 cm³/mol. The lowest BCUT2D eigenvalue weighted by atomic mass is 9.75. The number of rotatable bonds is 8. The van der Waals surface area contributed by atoms with Crippen LogP contribution in [0.3, 0.4) is 0 Å². The summed E-state index contributed by atoms with van der Waals surface area (Å²) in [6.07, 6.45) is 2.91. The van der Waals surface area contributed by atoms with Crippen molar-refractivity contribution >= 4 is 28.1 Å². The molecular weight excluding hydrogens is 336 g/mol. The summed E-state index contributed by atoms with van der Waals surface area (Å²) < 4.78 is 4.80. The lowest BCUT2D eigenvalue weighted by Crippen LogP contribution is -2.27. The second kappa shape index (κ2) is 8.34. The number of methoxy groups -OCH3 is 1. The van der Waals surface area contributed by atoms with E-state index in [1.165, 1.54) is 7.11 Å². The van der Waals surface area contributed by atoms with Crippen molar-refractivity contribution in [3.05, 3.63) is 34.8 Å². The number of phenolic OH excluding ortho intramolecular Hbond substituents is 1. The molecule has 0 aliphatic carbocycles. The van der Waals surface area contributed by atoms with Gasteiger partial charge in [0.05, 0.1) is 18.5 Å². The minimum atomic E-state index is -0.188. The van der Waals surface area contributed by atoms with Gasteiger partial charge in [0.15, 0.2) is 5.13 Å². The number of nitrogens with one attached hydrogen (secondary N) is 1. The van der Waals surface area contributed by atoms with Crippen LogP contribution in [-0.2, 0) is 14.9 Å². The van der Waals surface area contributed by atoms with E-state index in [0.29, 0.717) is 18.5 Å². The Morgan fingerprint density at radius 2 is 2.00 bits per heavy atom. The summed E-state index contributed by atoms with van der Waals surface area (Å²) in [5, 5.41) is 13.9. The molecule has 1 aromatic carbocycles. The van der Waals surface area contributed by atoms with Crippen molar-refractivity contribution in [2.75, 3.05) is 12.4 Å². The van der Waals surface area contributed by atoms with E-state index in [1.807, 2.05) is 12.1 Å². The van der Waals surface area contributed by atoms with Gasteiger partial charge in [0.1, 0.15) is 5.75 Å². The molecule has 0 spiro atoms. The van der Waals surface area contributed by atoms with Crippen molar-refractivity contribution in [3.8, 4) is 5.75 Å².